The van der Waals surface area contributed by atoms with E-state index in [-0.39, 0.29) is 5.78 Å². The molecule has 2 nitrogen and oxygen atoms in total. The van der Waals surface area contributed by atoms with Crippen molar-refractivity contribution in [3.63, 3.8) is 0 Å². The maximum atomic E-state index is 11.1. The highest BCUT2D eigenvalue weighted by atomic mass is 16.1. The van der Waals surface area contributed by atoms with E-state index in [2.05, 4.69) is 11.8 Å². The third kappa shape index (κ3) is 1.52. The highest BCUT2D eigenvalue weighted by Gasteiger charge is 2.23. The van der Waals surface area contributed by atoms with Crippen LogP contribution in [0.25, 0.3) is 0 Å². The van der Waals surface area contributed by atoms with Crippen molar-refractivity contribution in [2.24, 2.45) is 0 Å². The summed E-state index contributed by atoms with van der Waals surface area (Å²) in [5.41, 5.74) is 2.02. The number of anilines is 1. The van der Waals surface area contributed by atoms with Crippen molar-refractivity contribution < 1.29 is 4.79 Å². The van der Waals surface area contributed by atoms with Gasteiger partial charge >= 0.3 is 0 Å². The lowest BCUT2D eigenvalue weighted by Crippen LogP contribution is -2.45. The Morgan fingerprint density at radius 1 is 1.36 bits per heavy atom. The molecule has 0 radical (unpaired) electrons. The minimum Gasteiger partial charge on any atom is -0.369 e. The van der Waals surface area contributed by atoms with Crippen LogP contribution < -0.4 is 4.90 Å². The molecule has 1 aliphatic rings. The highest BCUT2D eigenvalue weighted by molar-refractivity contribution is 5.94. The fraction of sp³-hybridized carbons (Fsp3) is 0.417. The molecule has 0 aromatic heterocycles. The third-order valence-corrected chi connectivity index (χ3v) is 2.93. The predicted octanol–water partition coefficient (Wildman–Crippen LogP) is 2.49. The van der Waals surface area contributed by atoms with Crippen LogP contribution in [-0.2, 0) is 0 Å². The monoisotopic (exact) mass is 189 g/mol. The van der Waals surface area contributed by atoms with Gasteiger partial charge in [0.25, 0.3) is 0 Å². The summed E-state index contributed by atoms with van der Waals surface area (Å²) in [6.07, 6.45) is 1.27. The van der Waals surface area contributed by atoms with Gasteiger partial charge in [-0.15, -0.1) is 0 Å². The molecule has 0 N–H and O–H groups in total. The Bertz CT molecular complexity index is 342. The quantitative estimate of drug-likeness (QED) is 0.666. The largest absolute Gasteiger partial charge is 0.369 e. The van der Waals surface area contributed by atoms with Gasteiger partial charge in [-0.2, -0.15) is 0 Å². The van der Waals surface area contributed by atoms with Gasteiger partial charge in [0.15, 0.2) is 5.78 Å². The molecule has 0 amide bonds. The second-order valence-corrected chi connectivity index (χ2v) is 3.93. The molecular weight excluding hydrogens is 174 g/mol. The standard InChI is InChI=1S/C12H15NO/c1-9-7-8-13(9)12-5-3-11(4-6-12)10(2)14/h3-6,9H,7-8H2,1-2H3. The molecule has 0 saturated carbocycles. The molecule has 0 spiro atoms. The number of Topliss-reactive ketones (excluding diaryl/α,β-unsaturated/α-hetero) is 1. The summed E-state index contributed by atoms with van der Waals surface area (Å²) in [7, 11) is 0. The topological polar surface area (TPSA) is 20.3 Å². The van der Waals surface area contributed by atoms with Crippen molar-refractivity contribution in [2.75, 3.05) is 11.4 Å². The molecule has 2 rings (SSSR count). The van der Waals surface area contributed by atoms with E-state index < -0.39 is 0 Å². The van der Waals surface area contributed by atoms with E-state index in [1.807, 2.05) is 24.3 Å². The van der Waals surface area contributed by atoms with E-state index in [0.717, 1.165) is 12.1 Å². The summed E-state index contributed by atoms with van der Waals surface area (Å²) >= 11 is 0. The summed E-state index contributed by atoms with van der Waals surface area (Å²) < 4.78 is 0. The van der Waals surface area contributed by atoms with E-state index in [0.29, 0.717) is 6.04 Å². The van der Waals surface area contributed by atoms with Gasteiger partial charge in [0, 0.05) is 23.8 Å². The van der Waals surface area contributed by atoms with Crippen molar-refractivity contribution in [1.82, 2.24) is 0 Å². The first-order valence-electron chi connectivity index (χ1n) is 5.06. The van der Waals surface area contributed by atoms with Crippen LogP contribution in [0.1, 0.15) is 30.6 Å². The first-order chi connectivity index (χ1) is 6.68. The van der Waals surface area contributed by atoms with Gasteiger partial charge < -0.3 is 4.90 Å². The van der Waals surface area contributed by atoms with Crippen molar-refractivity contribution in [2.45, 2.75) is 26.3 Å². The lowest BCUT2D eigenvalue weighted by molar-refractivity contribution is 0.101. The van der Waals surface area contributed by atoms with Crippen LogP contribution in [0.4, 0.5) is 5.69 Å². The van der Waals surface area contributed by atoms with E-state index in [9.17, 15) is 4.79 Å². The van der Waals surface area contributed by atoms with Crippen LogP contribution in [0.2, 0.25) is 0 Å². The van der Waals surface area contributed by atoms with E-state index >= 15 is 0 Å². The average molecular weight is 189 g/mol. The van der Waals surface area contributed by atoms with Gasteiger partial charge in [-0.3, -0.25) is 4.79 Å². The van der Waals surface area contributed by atoms with E-state index in [1.54, 1.807) is 6.92 Å². The lowest BCUT2D eigenvalue weighted by Gasteiger charge is -2.40. The molecule has 1 atom stereocenters. The first-order valence-corrected chi connectivity index (χ1v) is 5.06. The highest BCUT2D eigenvalue weighted by Crippen LogP contribution is 2.26. The third-order valence-electron chi connectivity index (χ3n) is 2.93. The van der Waals surface area contributed by atoms with Gasteiger partial charge in [0.2, 0.25) is 0 Å². The fourth-order valence-electron chi connectivity index (χ4n) is 1.79. The molecular formula is C12H15NO. The summed E-state index contributed by atoms with van der Waals surface area (Å²) in [6.45, 7) is 4.96. The van der Waals surface area contributed by atoms with Crippen LogP contribution in [0.15, 0.2) is 24.3 Å². The minimum absolute atomic E-state index is 0.133. The zero-order valence-electron chi connectivity index (χ0n) is 8.66. The van der Waals surface area contributed by atoms with Crippen LogP contribution in [-0.4, -0.2) is 18.4 Å². The second-order valence-electron chi connectivity index (χ2n) is 3.93. The number of carbonyl (C=O) groups excluding carboxylic acids is 1. The number of hydrogen-bond donors (Lipinski definition) is 0. The molecule has 14 heavy (non-hydrogen) atoms. The zero-order valence-corrected chi connectivity index (χ0v) is 8.66. The Morgan fingerprint density at radius 2 is 2.00 bits per heavy atom. The number of benzene rings is 1. The van der Waals surface area contributed by atoms with Crippen molar-refractivity contribution >= 4 is 11.5 Å². The minimum atomic E-state index is 0.133. The normalized spacial score (nSPS) is 20.4. The Hall–Kier alpha value is -1.31. The molecule has 1 aromatic rings. The zero-order chi connectivity index (χ0) is 10.1. The molecule has 1 heterocycles. The van der Waals surface area contributed by atoms with Crippen LogP contribution in [0.3, 0.4) is 0 Å². The van der Waals surface area contributed by atoms with Gasteiger partial charge in [0.1, 0.15) is 0 Å². The lowest BCUT2D eigenvalue weighted by atomic mass is 10.0. The number of ketones is 1. The van der Waals surface area contributed by atoms with Crippen LogP contribution in [0, 0.1) is 0 Å². The maximum absolute atomic E-state index is 11.1. The molecule has 1 saturated heterocycles. The smallest absolute Gasteiger partial charge is 0.159 e. The van der Waals surface area contributed by atoms with Gasteiger partial charge in [0.05, 0.1) is 0 Å². The molecule has 1 fully saturated rings. The molecule has 1 unspecified atom stereocenters. The van der Waals surface area contributed by atoms with E-state index in [4.69, 9.17) is 0 Å². The van der Waals surface area contributed by atoms with Gasteiger partial charge in [-0.25, -0.2) is 0 Å². The SMILES string of the molecule is CC(=O)c1ccc(N2CCC2C)cc1. The van der Waals surface area contributed by atoms with Crippen LogP contribution in [0.5, 0.6) is 0 Å². The van der Waals surface area contributed by atoms with E-state index in [1.165, 1.54) is 12.1 Å². The molecule has 1 aliphatic heterocycles. The average Bonchev–Trinajstić information content (AvgIpc) is 2.16. The number of hydrogen-bond acceptors (Lipinski definition) is 2. The molecule has 1 aromatic carbocycles. The molecule has 0 aliphatic carbocycles. The van der Waals surface area contributed by atoms with Gasteiger partial charge in [-0.05, 0) is 44.5 Å². The second kappa shape index (κ2) is 3.45. The Kier molecular flexibility index (Phi) is 2.28. The number of carbonyl (C=O) groups is 1. The predicted molar refractivity (Wildman–Crippen MR) is 57.9 cm³/mol. The summed E-state index contributed by atoms with van der Waals surface area (Å²) in [5, 5.41) is 0. The van der Waals surface area contributed by atoms with Gasteiger partial charge in [-0.1, -0.05) is 0 Å². The molecule has 0 bridgehead atoms. The molecule has 74 valence electrons. The van der Waals surface area contributed by atoms with Crippen molar-refractivity contribution in [3.8, 4) is 0 Å². The summed E-state index contributed by atoms with van der Waals surface area (Å²) in [6, 6.07) is 8.53. The Labute approximate surface area is 84.5 Å². The van der Waals surface area contributed by atoms with Crippen molar-refractivity contribution in [3.05, 3.63) is 29.8 Å². The van der Waals surface area contributed by atoms with Crippen LogP contribution >= 0.6 is 0 Å². The van der Waals surface area contributed by atoms with Crippen molar-refractivity contribution in [1.29, 1.82) is 0 Å². The fourth-order valence-corrected chi connectivity index (χ4v) is 1.79. The maximum Gasteiger partial charge on any atom is 0.159 e. The Morgan fingerprint density at radius 3 is 2.36 bits per heavy atom. The summed E-state index contributed by atoms with van der Waals surface area (Å²) in [5.74, 6) is 0.133. The Balaban J connectivity index is 2.17. The molecule has 2 heteroatoms. The first kappa shape index (κ1) is 9.25. The summed E-state index contributed by atoms with van der Waals surface area (Å²) in [4.78, 5) is 13.4. The number of rotatable bonds is 2. The number of nitrogens with zero attached hydrogens (tertiary/aromatic N) is 1.